The van der Waals surface area contributed by atoms with Crippen molar-refractivity contribution in [2.45, 2.75) is 25.8 Å². The molecule has 1 aliphatic rings. The van der Waals surface area contributed by atoms with Crippen molar-refractivity contribution in [3.05, 3.63) is 29.5 Å². The van der Waals surface area contributed by atoms with Gasteiger partial charge in [0.25, 0.3) is 5.91 Å². The summed E-state index contributed by atoms with van der Waals surface area (Å²) in [4.78, 5) is 27.5. The number of carbonyl (C=O) groups excluding carboxylic acids is 2. The predicted octanol–water partition coefficient (Wildman–Crippen LogP) is 1.40. The molecule has 1 aliphatic heterocycles. The summed E-state index contributed by atoms with van der Waals surface area (Å²) in [6.45, 7) is 2.30. The minimum Gasteiger partial charge on any atom is -0.496 e. The molecule has 0 aliphatic carbocycles. The molecular formula is C19H20N4O3. The number of hydrogen-bond donors (Lipinski definition) is 3. The van der Waals surface area contributed by atoms with E-state index in [2.05, 4.69) is 27.5 Å². The van der Waals surface area contributed by atoms with Crippen molar-refractivity contribution in [2.75, 3.05) is 19.0 Å². The van der Waals surface area contributed by atoms with Gasteiger partial charge in [0, 0.05) is 36.0 Å². The molecule has 7 heteroatoms. The second-order valence-corrected chi connectivity index (χ2v) is 6.04. The number of benzene rings is 1. The Balaban J connectivity index is 2.05. The normalized spacial score (nSPS) is 15.9. The van der Waals surface area contributed by atoms with Crippen LogP contribution >= 0.6 is 0 Å². The van der Waals surface area contributed by atoms with Crippen LogP contribution in [0.1, 0.15) is 35.7 Å². The average molecular weight is 352 g/mol. The monoisotopic (exact) mass is 352 g/mol. The summed E-state index contributed by atoms with van der Waals surface area (Å²) in [5.74, 6) is 6.36. The van der Waals surface area contributed by atoms with E-state index in [-0.39, 0.29) is 11.9 Å². The van der Waals surface area contributed by atoms with E-state index in [9.17, 15) is 9.59 Å². The highest BCUT2D eigenvalue weighted by Gasteiger charge is 2.21. The maximum absolute atomic E-state index is 11.7. The first-order chi connectivity index (χ1) is 12.5. The van der Waals surface area contributed by atoms with Crippen LogP contribution in [0, 0.1) is 11.8 Å². The van der Waals surface area contributed by atoms with Gasteiger partial charge in [-0.2, -0.15) is 0 Å². The number of anilines is 1. The second kappa shape index (κ2) is 7.31. The number of rotatable bonds is 5. The van der Waals surface area contributed by atoms with E-state index in [4.69, 9.17) is 10.5 Å². The molecule has 0 radical (unpaired) electrons. The molecule has 1 unspecified atom stereocenters. The molecule has 1 aromatic heterocycles. The van der Waals surface area contributed by atoms with Crippen LogP contribution in [-0.2, 0) is 4.79 Å². The molecule has 1 saturated heterocycles. The van der Waals surface area contributed by atoms with Gasteiger partial charge in [0.1, 0.15) is 11.6 Å². The summed E-state index contributed by atoms with van der Waals surface area (Å²) in [6.07, 6.45) is 2.99. The minimum atomic E-state index is -0.570. The molecule has 7 nitrogen and oxygen atoms in total. The quantitative estimate of drug-likeness (QED) is 0.705. The van der Waals surface area contributed by atoms with E-state index >= 15 is 0 Å². The van der Waals surface area contributed by atoms with Gasteiger partial charge in [-0.05, 0) is 25.5 Å². The first kappa shape index (κ1) is 17.5. The summed E-state index contributed by atoms with van der Waals surface area (Å²) in [5.41, 5.74) is 6.46. The molecular weight excluding hydrogens is 332 g/mol. The van der Waals surface area contributed by atoms with Crippen LogP contribution in [0.5, 0.6) is 5.75 Å². The Morgan fingerprint density at radius 1 is 1.46 bits per heavy atom. The molecule has 1 fully saturated rings. The van der Waals surface area contributed by atoms with Crippen LogP contribution < -0.4 is 21.1 Å². The van der Waals surface area contributed by atoms with Gasteiger partial charge >= 0.3 is 0 Å². The van der Waals surface area contributed by atoms with Crippen molar-refractivity contribution in [2.24, 2.45) is 5.73 Å². The van der Waals surface area contributed by atoms with Gasteiger partial charge < -0.3 is 21.1 Å². The van der Waals surface area contributed by atoms with Gasteiger partial charge in [-0.3, -0.25) is 9.59 Å². The van der Waals surface area contributed by atoms with Gasteiger partial charge in [-0.1, -0.05) is 5.92 Å². The Hall–Kier alpha value is -3.27. The van der Waals surface area contributed by atoms with Crippen LogP contribution in [0.15, 0.2) is 18.3 Å². The van der Waals surface area contributed by atoms with Crippen molar-refractivity contribution in [1.82, 2.24) is 10.3 Å². The summed E-state index contributed by atoms with van der Waals surface area (Å²) in [5, 5.41) is 7.73. The topological polar surface area (TPSA) is 106 Å². The summed E-state index contributed by atoms with van der Waals surface area (Å²) in [7, 11) is 1.48. The first-order valence-electron chi connectivity index (χ1n) is 8.30. The van der Waals surface area contributed by atoms with E-state index in [0.717, 1.165) is 17.2 Å². The van der Waals surface area contributed by atoms with Gasteiger partial charge in [-0.15, -0.1) is 5.92 Å². The molecule has 2 aromatic rings. The fraction of sp³-hybridized carbons (Fsp3) is 0.316. The highest BCUT2D eigenvalue weighted by Crippen LogP contribution is 2.31. The molecule has 4 N–H and O–H groups in total. The molecule has 2 amide bonds. The zero-order chi connectivity index (χ0) is 18.7. The number of ether oxygens (including phenoxy) is 1. The Morgan fingerprint density at radius 3 is 2.88 bits per heavy atom. The number of nitrogens with one attached hydrogen (secondary N) is 2. The molecule has 1 atom stereocenters. The Kier molecular flexibility index (Phi) is 4.94. The van der Waals surface area contributed by atoms with Crippen molar-refractivity contribution in [1.29, 1.82) is 0 Å². The van der Waals surface area contributed by atoms with Crippen LogP contribution in [0.4, 0.5) is 5.82 Å². The second-order valence-electron chi connectivity index (χ2n) is 6.04. The fourth-order valence-corrected chi connectivity index (χ4v) is 3.05. The van der Waals surface area contributed by atoms with Gasteiger partial charge in [-0.25, -0.2) is 4.98 Å². The van der Waals surface area contributed by atoms with Gasteiger partial charge in [0.05, 0.1) is 18.2 Å². The number of carbonyl (C=O) groups is 2. The molecule has 0 saturated carbocycles. The van der Waals surface area contributed by atoms with Gasteiger partial charge in [0.2, 0.25) is 5.91 Å². The van der Waals surface area contributed by atoms with Crippen LogP contribution in [0.3, 0.4) is 0 Å². The number of amides is 2. The standard InChI is InChI=1S/C19H20N4O3/c1-3-4-11-9-21-19(22-10-12-5-6-17(24)23-12)14-8-16(26-2)15(18(20)25)7-13(11)14/h7-9,12H,5-6,10H2,1-2H3,(H2,20,25)(H,21,22)(H,23,24). The van der Waals surface area contributed by atoms with Crippen LogP contribution in [-0.4, -0.2) is 36.5 Å². The zero-order valence-corrected chi connectivity index (χ0v) is 14.7. The minimum absolute atomic E-state index is 0.0657. The largest absolute Gasteiger partial charge is 0.496 e. The Morgan fingerprint density at radius 2 is 2.27 bits per heavy atom. The van der Waals surface area contributed by atoms with E-state index in [0.29, 0.717) is 35.7 Å². The van der Waals surface area contributed by atoms with Crippen molar-refractivity contribution in [3.63, 3.8) is 0 Å². The van der Waals surface area contributed by atoms with Crippen molar-refractivity contribution < 1.29 is 14.3 Å². The van der Waals surface area contributed by atoms with E-state index in [1.54, 1.807) is 25.3 Å². The Bertz CT molecular complexity index is 943. The third kappa shape index (κ3) is 3.40. The van der Waals surface area contributed by atoms with Crippen molar-refractivity contribution >= 4 is 28.4 Å². The highest BCUT2D eigenvalue weighted by atomic mass is 16.5. The summed E-state index contributed by atoms with van der Waals surface area (Å²) in [6, 6.07) is 3.49. The van der Waals surface area contributed by atoms with Gasteiger partial charge in [0.15, 0.2) is 0 Å². The maximum atomic E-state index is 11.7. The number of aromatic nitrogens is 1. The molecule has 1 aromatic carbocycles. The molecule has 26 heavy (non-hydrogen) atoms. The number of nitrogens with two attached hydrogens (primary N) is 1. The molecule has 134 valence electrons. The van der Waals surface area contributed by atoms with Crippen molar-refractivity contribution in [3.8, 4) is 17.6 Å². The molecule has 0 bridgehead atoms. The number of pyridine rings is 1. The van der Waals surface area contributed by atoms with E-state index in [1.807, 2.05) is 0 Å². The number of fused-ring (bicyclic) bond motifs is 1. The number of methoxy groups -OCH3 is 1. The predicted molar refractivity (Wildman–Crippen MR) is 99.0 cm³/mol. The van der Waals surface area contributed by atoms with E-state index in [1.165, 1.54) is 7.11 Å². The molecule has 2 heterocycles. The lowest BCUT2D eigenvalue weighted by atomic mass is 10.0. The smallest absolute Gasteiger partial charge is 0.252 e. The fourth-order valence-electron chi connectivity index (χ4n) is 3.05. The van der Waals surface area contributed by atoms with Crippen LogP contribution in [0.25, 0.3) is 10.8 Å². The molecule has 0 spiro atoms. The molecule has 3 rings (SSSR count). The Labute approximate surface area is 151 Å². The maximum Gasteiger partial charge on any atom is 0.252 e. The van der Waals surface area contributed by atoms with E-state index < -0.39 is 5.91 Å². The SMILES string of the molecule is CC#Cc1cnc(NCC2CCC(=O)N2)c2cc(OC)c(C(N)=O)cc12. The van der Waals surface area contributed by atoms with Crippen LogP contribution in [0.2, 0.25) is 0 Å². The lowest BCUT2D eigenvalue weighted by molar-refractivity contribution is -0.119. The number of primary amides is 1. The third-order valence-electron chi connectivity index (χ3n) is 4.33. The highest BCUT2D eigenvalue weighted by molar-refractivity contribution is 6.04. The third-order valence-corrected chi connectivity index (χ3v) is 4.33. The lowest BCUT2D eigenvalue weighted by Gasteiger charge is -2.15. The average Bonchev–Trinajstić information content (AvgIpc) is 3.05. The number of hydrogen-bond acceptors (Lipinski definition) is 5. The lowest BCUT2D eigenvalue weighted by Crippen LogP contribution is -2.32. The zero-order valence-electron chi connectivity index (χ0n) is 14.7. The first-order valence-corrected chi connectivity index (χ1v) is 8.30. The summed E-state index contributed by atoms with van der Waals surface area (Å²) < 4.78 is 5.31. The number of nitrogens with zero attached hydrogens (tertiary/aromatic N) is 1. The summed E-state index contributed by atoms with van der Waals surface area (Å²) >= 11 is 0.